The van der Waals surface area contributed by atoms with Gasteiger partial charge in [-0.15, -0.1) is 5.10 Å². The molecule has 0 spiro atoms. The topological polar surface area (TPSA) is 59.5 Å². The van der Waals surface area contributed by atoms with Gasteiger partial charge in [0.05, 0.1) is 11.9 Å². The molecule has 2 aromatic rings. The Morgan fingerprint density at radius 2 is 2.29 bits per heavy atom. The van der Waals surface area contributed by atoms with Gasteiger partial charge in [0, 0.05) is 13.1 Å². The van der Waals surface area contributed by atoms with Gasteiger partial charge < -0.3 is 10.6 Å². The highest BCUT2D eigenvalue weighted by Crippen LogP contribution is 2.23. The first-order valence-corrected chi connectivity index (χ1v) is 6.09. The third kappa shape index (κ3) is 1.92. The summed E-state index contributed by atoms with van der Waals surface area (Å²) in [4.78, 5) is 6.53. The molecule has 3 heterocycles. The molecule has 1 saturated heterocycles. The number of pyridine rings is 1. The van der Waals surface area contributed by atoms with Crippen molar-refractivity contribution in [3.05, 3.63) is 18.3 Å². The van der Waals surface area contributed by atoms with Crippen molar-refractivity contribution in [2.24, 2.45) is 5.92 Å². The van der Waals surface area contributed by atoms with Crippen molar-refractivity contribution in [2.75, 3.05) is 23.7 Å². The van der Waals surface area contributed by atoms with Crippen LogP contribution in [0.25, 0.3) is 5.65 Å². The number of rotatable bonds is 1. The first-order chi connectivity index (χ1) is 8.22. The van der Waals surface area contributed by atoms with E-state index in [1.165, 1.54) is 18.5 Å². The van der Waals surface area contributed by atoms with E-state index in [4.69, 9.17) is 5.73 Å². The molecule has 0 amide bonds. The predicted molar refractivity (Wildman–Crippen MR) is 68.0 cm³/mol. The van der Waals surface area contributed by atoms with Crippen molar-refractivity contribution in [3.8, 4) is 0 Å². The third-order valence-electron chi connectivity index (χ3n) is 3.35. The summed E-state index contributed by atoms with van der Waals surface area (Å²) in [6.07, 6.45) is 4.60. The van der Waals surface area contributed by atoms with Crippen molar-refractivity contribution < 1.29 is 0 Å². The molecule has 2 N–H and O–H groups in total. The first kappa shape index (κ1) is 10.4. The van der Waals surface area contributed by atoms with E-state index in [-0.39, 0.29) is 0 Å². The van der Waals surface area contributed by atoms with Crippen molar-refractivity contribution in [3.63, 3.8) is 0 Å². The van der Waals surface area contributed by atoms with Crippen LogP contribution in [0.3, 0.4) is 0 Å². The van der Waals surface area contributed by atoms with E-state index in [1.807, 2.05) is 12.3 Å². The monoisotopic (exact) mass is 231 g/mol. The van der Waals surface area contributed by atoms with E-state index < -0.39 is 0 Å². The standard InChI is InChI=1S/C12H17N5/c1-9-3-2-6-16(7-9)10-4-5-11-14-12(13)15-17(11)8-10/h4-5,8-9H,2-3,6-7H2,1H3,(H2,13,15). The van der Waals surface area contributed by atoms with Crippen LogP contribution in [-0.2, 0) is 0 Å². The molecule has 0 aromatic carbocycles. The van der Waals surface area contributed by atoms with Gasteiger partial charge in [-0.05, 0) is 30.9 Å². The summed E-state index contributed by atoms with van der Waals surface area (Å²) in [6, 6.07) is 4.07. The maximum absolute atomic E-state index is 5.58. The number of anilines is 2. The zero-order valence-electron chi connectivity index (χ0n) is 10.0. The van der Waals surface area contributed by atoms with Crippen LogP contribution < -0.4 is 10.6 Å². The number of hydrogen-bond acceptors (Lipinski definition) is 4. The van der Waals surface area contributed by atoms with E-state index in [0.29, 0.717) is 5.95 Å². The molecule has 1 aliphatic rings. The quantitative estimate of drug-likeness (QED) is 0.809. The second-order valence-corrected chi connectivity index (χ2v) is 4.85. The Labute approximate surface area is 100 Å². The van der Waals surface area contributed by atoms with Crippen LogP contribution in [0.2, 0.25) is 0 Å². The van der Waals surface area contributed by atoms with Crippen molar-refractivity contribution in [2.45, 2.75) is 19.8 Å². The number of piperidine rings is 1. The largest absolute Gasteiger partial charge is 0.370 e. The molecule has 0 aliphatic carbocycles. The zero-order valence-corrected chi connectivity index (χ0v) is 10.0. The Bertz CT molecular complexity index is 533. The maximum Gasteiger partial charge on any atom is 0.240 e. The number of hydrogen-bond donors (Lipinski definition) is 1. The number of nitrogens with two attached hydrogens (primary N) is 1. The highest BCUT2D eigenvalue weighted by molar-refractivity contribution is 5.52. The molecule has 3 rings (SSSR count). The molecule has 1 unspecified atom stereocenters. The molecule has 5 heteroatoms. The average Bonchev–Trinajstić information content (AvgIpc) is 2.68. The fourth-order valence-corrected chi connectivity index (χ4v) is 2.50. The fraction of sp³-hybridized carbons (Fsp3) is 0.500. The minimum absolute atomic E-state index is 0.328. The summed E-state index contributed by atoms with van der Waals surface area (Å²) in [5.74, 6) is 1.09. The number of nitrogen functional groups attached to an aromatic ring is 1. The Morgan fingerprint density at radius 3 is 3.12 bits per heavy atom. The lowest BCUT2D eigenvalue weighted by molar-refractivity contribution is 0.446. The molecule has 1 aliphatic heterocycles. The SMILES string of the molecule is CC1CCCN(c2ccc3nc(N)nn3c2)C1. The maximum atomic E-state index is 5.58. The van der Waals surface area contributed by atoms with E-state index >= 15 is 0 Å². The molecular weight excluding hydrogens is 214 g/mol. The Balaban J connectivity index is 1.94. The third-order valence-corrected chi connectivity index (χ3v) is 3.35. The fourth-order valence-electron chi connectivity index (χ4n) is 2.50. The predicted octanol–water partition coefficient (Wildman–Crippen LogP) is 1.55. The smallest absolute Gasteiger partial charge is 0.240 e. The normalized spacial score (nSPS) is 21.0. The van der Waals surface area contributed by atoms with E-state index in [9.17, 15) is 0 Å². The highest BCUT2D eigenvalue weighted by atomic mass is 15.3. The molecule has 90 valence electrons. The summed E-state index contributed by atoms with van der Waals surface area (Å²) in [5, 5.41) is 4.14. The Hall–Kier alpha value is -1.78. The van der Waals surface area contributed by atoms with Gasteiger partial charge in [-0.3, -0.25) is 0 Å². The van der Waals surface area contributed by atoms with E-state index in [0.717, 1.165) is 24.7 Å². The van der Waals surface area contributed by atoms with Crippen LogP contribution in [0, 0.1) is 5.92 Å². The lowest BCUT2D eigenvalue weighted by Gasteiger charge is -2.32. The first-order valence-electron chi connectivity index (χ1n) is 6.09. The average molecular weight is 231 g/mol. The lowest BCUT2D eigenvalue weighted by atomic mass is 10.00. The van der Waals surface area contributed by atoms with Gasteiger partial charge in [-0.2, -0.15) is 4.98 Å². The van der Waals surface area contributed by atoms with Crippen molar-refractivity contribution in [1.82, 2.24) is 14.6 Å². The number of aromatic nitrogens is 3. The van der Waals surface area contributed by atoms with Crippen LogP contribution in [-0.4, -0.2) is 27.7 Å². The molecule has 0 radical (unpaired) electrons. The van der Waals surface area contributed by atoms with Crippen LogP contribution in [0.4, 0.5) is 11.6 Å². The van der Waals surface area contributed by atoms with Crippen LogP contribution in [0.5, 0.6) is 0 Å². The van der Waals surface area contributed by atoms with Gasteiger partial charge in [0.25, 0.3) is 0 Å². The lowest BCUT2D eigenvalue weighted by Crippen LogP contribution is -2.34. The second kappa shape index (κ2) is 3.91. The van der Waals surface area contributed by atoms with Gasteiger partial charge >= 0.3 is 0 Å². The van der Waals surface area contributed by atoms with Gasteiger partial charge in [-0.1, -0.05) is 6.92 Å². The number of nitrogens with zero attached hydrogens (tertiary/aromatic N) is 4. The summed E-state index contributed by atoms with van der Waals surface area (Å²) < 4.78 is 1.75. The highest BCUT2D eigenvalue weighted by Gasteiger charge is 2.17. The van der Waals surface area contributed by atoms with E-state index in [1.54, 1.807) is 4.52 Å². The number of fused-ring (bicyclic) bond motifs is 1. The molecule has 0 saturated carbocycles. The van der Waals surface area contributed by atoms with Gasteiger partial charge in [-0.25, -0.2) is 4.52 Å². The van der Waals surface area contributed by atoms with Crippen LogP contribution in [0.15, 0.2) is 18.3 Å². The molecule has 5 nitrogen and oxygen atoms in total. The second-order valence-electron chi connectivity index (χ2n) is 4.85. The molecule has 1 atom stereocenters. The van der Waals surface area contributed by atoms with Gasteiger partial charge in [0.2, 0.25) is 5.95 Å². The minimum Gasteiger partial charge on any atom is -0.370 e. The summed E-state index contributed by atoms with van der Waals surface area (Å²) in [5.41, 5.74) is 7.59. The van der Waals surface area contributed by atoms with Crippen molar-refractivity contribution >= 4 is 17.3 Å². The molecule has 2 aromatic heterocycles. The molecule has 0 bridgehead atoms. The minimum atomic E-state index is 0.328. The molecular formula is C12H17N5. The zero-order chi connectivity index (χ0) is 11.8. The Morgan fingerprint density at radius 1 is 1.41 bits per heavy atom. The molecule has 1 fully saturated rings. The van der Waals surface area contributed by atoms with Gasteiger partial charge in [0.15, 0.2) is 5.65 Å². The van der Waals surface area contributed by atoms with Crippen molar-refractivity contribution in [1.29, 1.82) is 0 Å². The van der Waals surface area contributed by atoms with Crippen LogP contribution >= 0.6 is 0 Å². The summed E-state index contributed by atoms with van der Waals surface area (Å²) >= 11 is 0. The van der Waals surface area contributed by atoms with Crippen LogP contribution in [0.1, 0.15) is 19.8 Å². The summed E-state index contributed by atoms with van der Waals surface area (Å²) in [7, 11) is 0. The van der Waals surface area contributed by atoms with E-state index in [2.05, 4.69) is 28.0 Å². The Kier molecular flexibility index (Phi) is 2.39. The summed E-state index contributed by atoms with van der Waals surface area (Å²) in [6.45, 7) is 4.55. The molecule has 17 heavy (non-hydrogen) atoms. The van der Waals surface area contributed by atoms with Gasteiger partial charge in [0.1, 0.15) is 0 Å².